The van der Waals surface area contributed by atoms with Crippen LogP contribution in [0.4, 0.5) is 5.69 Å². The minimum absolute atomic E-state index is 0.0656. The molecule has 0 heterocycles. The minimum atomic E-state index is 0.0656. The molecule has 1 aromatic carbocycles. The molecule has 16 heavy (non-hydrogen) atoms. The van der Waals surface area contributed by atoms with E-state index in [2.05, 4.69) is 32.2 Å². The summed E-state index contributed by atoms with van der Waals surface area (Å²) in [6.07, 6.45) is 0. The van der Waals surface area contributed by atoms with Gasteiger partial charge in [0.25, 0.3) is 0 Å². The summed E-state index contributed by atoms with van der Waals surface area (Å²) in [6.45, 7) is 7.02. The van der Waals surface area contributed by atoms with Crippen LogP contribution in [-0.4, -0.2) is 21.0 Å². The molecule has 0 amide bonds. The number of anilines is 1. The van der Waals surface area contributed by atoms with E-state index in [1.54, 1.807) is 14.2 Å². The summed E-state index contributed by atoms with van der Waals surface area (Å²) in [5.41, 5.74) is 2.31. The van der Waals surface area contributed by atoms with Gasteiger partial charge in [0.2, 0.25) is 0 Å². The van der Waals surface area contributed by atoms with E-state index in [1.807, 2.05) is 12.1 Å². The number of hydrogen-bond acceptors (Lipinski definition) is 3. The van der Waals surface area contributed by atoms with E-state index < -0.39 is 0 Å². The number of benzene rings is 1. The Morgan fingerprint density at radius 2 is 1.88 bits per heavy atom. The van der Waals surface area contributed by atoms with Crippen molar-refractivity contribution in [2.24, 2.45) is 0 Å². The van der Waals surface area contributed by atoms with Crippen molar-refractivity contribution in [3.63, 3.8) is 0 Å². The highest BCUT2D eigenvalue weighted by Gasteiger charge is 2.19. The first-order valence-corrected chi connectivity index (χ1v) is 5.40. The van der Waals surface area contributed by atoms with Gasteiger partial charge in [-0.15, -0.1) is 0 Å². The molecule has 0 unspecified atom stereocenters. The van der Waals surface area contributed by atoms with Crippen LogP contribution in [0.25, 0.3) is 0 Å². The van der Waals surface area contributed by atoms with E-state index >= 15 is 0 Å². The van der Waals surface area contributed by atoms with E-state index in [-0.39, 0.29) is 5.41 Å². The molecule has 0 saturated carbocycles. The van der Waals surface area contributed by atoms with Crippen molar-refractivity contribution in [3.8, 4) is 5.75 Å². The van der Waals surface area contributed by atoms with Gasteiger partial charge in [0, 0.05) is 18.4 Å². The van der Waals surface area contributed by atoms with Crippen LogP contribution in [0.1, 0.15) is 26.3 Å². The average molecular weight is 223 g/mol. The highest BCUT2D eigenvalue weighted by atomic mass is 16.5. The Morgan fingerprint density at radius 1 is 1.19 bits per heavy atom. The van der Waals surface area contributed by atoms with Crippen molar-refractivity contribution < 1.29 is 9.47 Å². The van der Waals surface area contributed by atoms with E-state index in [1.165, 1.54) is 5.56 Å². The summed E-state index contributed by atoms with van der Waals surface area (Å²) in [4.78, 5) is 0. The number of nitrogens with one attached hydrogen (secondary N) is 1. The first-order chi connectivity index (χ1) is 7.49. The monoisotopic (exact) mass is 223 g/mol. The average Bonchev–Trinajstić information content (AvgIpc) is 2.24. The maximum atomic E-state index is 5.37. The Labute approximate surface area is 97.8 Å². The molecule has 3 heteroatoms. The molecule has 0 aliphatic rings. The SMILES string of the molecule is COCNc1ccc(OC)c(C(C)(C)C)c1. The largest absolute Gasteiger partial charge is 0.496 e. The van der Waals surface area contributed by atoms with Crippen LogP contribution in [-0.2, 0) is 10.2 Å². The van der Waals surface area contributed by atoms with Crippen LogP contribution < -0.4 is 10.1 Å². The molecule has 1 N–H and O–H groups in total. The molecule has 3 nitrogen and oxygen atoms in total. The minimum Gasteiger partial charge on any atom is -0.496 e. The van der Waals surface area contributed by atoms with Gasteiger partial charge in [-0.1, -0.05) is 20.8 Å². The first kappa shape index (κ1) is 12.8. The molecule has 1 aromatic rings. The second-order valence-electron chi connectivity index (χ2n) is 4.77. The fraction of sp³-hybridized carbons (Fsp3) is 0.538. The number of methoxy groups -OCH3 is 2. The first-order valence-electron chi connectivity index (χ1n) is 5.40. The lowest BCUT2D eigenvalue weighted by Crippen LogP contribution is -2.14. The molecule has 0 fully saturated rings. The fourth-order valence-electron chi connectivity index (χ4n) is 1.56. The van der Waals surface area contributed by atoms with Crippen molar-refractivity contribution in [1.29, 1.82) is 0 Å². The van der Waals surface area contributed by atoms with Gasteiger partial charge in [-0.2, -0.15) is 0 Å². The number of rotatable bonds is 4. The standard InChI is InChI=1S/C13H21NO2/c1-13(2,3)11-8-10(14-9-15-4)6-7-12(11)16-5/h6-8,14H,9H2,1-5H3. The predicted octanol–water partition coefficient (Wildman–Crippen LogP) is 3.01. The zero-order valence-corrected chi connectivity index (χ0v) is 10.8. The Bertz CT molecular complexity index is 342. The zero-order chi connectivity index (χ0) is 12.2. The summed E-state index contributed by atoms with van der Waals surface area (Å²) in [5.74, 6) is 0.926. The lowest BCUT2D eigenvalue weighted by molar-refractivity contribution is 0.221. The van der Waals surface area contributed by atoms with Gasteiger partial charge >= 0.3 is 0 Å². The Morgan fingerprint density at radius 3 is 2.38 bits per heavy atom. The smallest absolute Gasteiger partial charge is 0.122 e. The quantitative estimate of drug-likeness (QED) is 0.796. The summed E-state index contributed by atoms with van der Waals surface area (Å²) < 4.78 is 10.4. The van der Waals surface area contributed by atoms with Gasteiger partial charge < -0.3 is 14.8 Å². The van der Waals surface area contributed by atoms with E-state index in [0.29, 0.717) is 6.73 Å². The van der Waals surface area contributed by atoms with Crippen LogP contribution in [0.2, 0.25) is 0 Å². The van der Waals surface area contributed by atoms with Crippen LogP contribution in [0.15, 0.2) is 18.2 Å². The molecule has 0 saturated heterocycles. The Kier molecular flexibility index (Phi) is 4.19. The topological polar surface area (TPSA) is 30.5 Å². The third-order valence-electron chi connectivity index (χ3n) is 2.43. The molecule has 0 bridgehead atoms. The van der Waals surface area contributed by atoms with Gasteiger partial charge in [0.1, 0.15) is 12.5 Å². The van der Waals surface area contributed by atoms with Crippen molar-refractivity contribution in [1.82, 2.24) is 0 Å². The van der Waals surface area contributed by atoms with Gasteiger partial charge in [-0.25, -0.2) is 0 Å². The van der Waals surface area contributed by atoms with Crippen LogP contribution >= 0.6 is 0 Å². The van der Waals surface area contributed by atoms with E-state index in [0.717, 1.165) is 11.4 Å². The summed E-state index contributed by atoms with van der Waals surface area (Å²) in [5, 5.41) is 3.18. The zero-order valence-electron chi connectivity index (χ0n) is 10.8. The Balaban J connectivity index is 3.02. The number of ether oxygens (including phenoxy) is 2. The molecular formula is C13H21NO2. The van der Waals surface area contributed by atoms with Gasteiger partial charge in [0.15, 0.2) is 0 Å². The van der Waals surface area contributed by atoms with E-state index in [4.69, 9.17) is 9.47 Å². The molecular weight excluding hydrogens is 202 g/mol. The highest BCUT2D eigenvalue weighted by Crippen LogP contribution is 2.33. The third kappa shape index (κ3) is 3.14. The summed E-state index contributed by atoms with van der Waals surface area (Å²) in [6, 6.07) is 6.09. The fourth-order valence-corrected chi connectivity index (χ4v) is 1.56. The molecule has 0 atom stereocenters. The van der Waals surface area contributed by atoms with E-state index in [9.17, 15) is 0 Å². The molecule has 0 aliphatic carbocycles. The van der Waals surface area contributed by atoms with Crippen LogP contribution in [0, 0.1) is 0 Å². The second-order valence-corrected chi connectivity index (χ2v) is 4.77. The van der Waals surface area contributed by atoms with Crippen LogP contribution in [0.3, 0.4) is 0 Å². The van der Waals surface area contributed by atoms with Crippen molar-refractivity contribution >= 4 is 5.69 Å². The molecule has 90 valence electrons. The third-order valence-corrected chi connectivity index (χ3v) is 2.43. The van der Waals surface area contributed by atoms with Crippen molar-refractivity contribution in [2.45, 2.75) is 26.2 Å². The molecule has 0 aliphatic heterocycles. The molecule has 1 rings (SSSR count). The lowest BCUT2D eigenvalue weighted by Gasteiger charge is -2.23. The summed E-state index contributed by atoms with van der Waals surface area (Å²) in [7, 11) is 3.37. The van der Waals surface area contributed by atoms with Gasteiger partial charge in [-0.3, -0.25) is 0 Å². The van der Waals surface area contributed by atoms with Crippen LogP contribution in [0.5, 0.6) is 5.75 Å². The second kappa shape index (κ2) is 5.21. The van der Waals surface area contributed by atoms with Crippen molar-refractivity contribution in [3.05, 3.63) is 23.8 Å². The Hall–Kier alpha value is -1.22. The number of hydrogen-bond donors (Lipinski definition) is 1. The van der Waals surface area contributed by atoms with Gasteiger partial charge in [0.05, 0.1) is 7.11 Å². The predicted molar refractivity (Wildman–Crippen MR) is 67.2 cm³/mol. The molecule has 0 spiro atoms. The van der Waals surface area contributed by atoms with Gasteiger partial charge in [-0.05, 0) is 23.6 Å². The maximum Gasteiger partial charge on any atom is 0.122 e. The summed E-state index contributed by atoms with van der Waals surface area (Å²) >= 11 is 0. The molecule has 0 aromatic heterocycles. The highest BCUT2D eigenvalue weighted by molar-refractivity contribution is 5.53. The lowest BCUT2D eigenvalue weighted by atomic mass is 9.86. The van der Waals surface area contributed by atoms with Crippen molar-refractivity contribution in [2.75, 3.05) is 26.3 Å². The maximum absolute atomic E-state index is 5.37. The molecule has 0 radical (unpaired) electrons. The normalized spacial score (nSPS) is 11.3.